The fourth-order valence-electron chi connectivity index (χ4n) is 2.37. The van der Waals surface area contributed by atoms with E-state index in [1.54, 1.807) is 30.3 Å². The zero-order valence-electron chi connectivity index (χ0n) is 16.1. The van der Waals surface area contributed by atoms with Crippen molar-refractivity contribution in [3.63, 3.8) is 0 Å². The smallest absolute Gasteiger partial charge is 0.392 e. The van der Waals surface area contributed by atoms with Gasteiger partial charge in [-0.2, -0.15) is 4.31 Å². The Morgan fingerprint density at radius 3 is 2.19 bits per heavy atom. The van der Waals surface area contributed by atoms with E-state index in [-0.39, 0.29) is 18.0 Å². The molecule has 1 aromatic carbocycles. The summed E-state index contributed by atoms with van der Waals surface area (Å²) in [6.07, 6.45) is 1.54. The van der Waals surface area contributed by atoms with Crippen LogP contribution in [-0.4, -0.2) is 44.1 Å². The maximum Gasteiger partial charge on any atom is 0.551 e. The SMILES string of the molecule is C=CCN(CC#CB1OC(C)(C)C(C)(C)O1)S(=O)(=O)c1ccc(C)cc1. The van der Waals surface area contributed by atoms with Crippen LogP contribution in [0.3, 0.4) is 0 Å². The molecule has 0 aliphatic carbocycles. The Morgan fingerprint density at radius 1 is 1.15 bits per heavy atom. The summed E-state index contributed by atoms with van der Waals surface area (Å²) >= 11 is 0. The summed E-state index contributed by atoms with van der Waals surface area (Å²) in [5, 5.41) is 0. The zero-order valence-corrected chi connectivity index (χ0v) is 16.9. The van der Waals surface area contributed by atoms with Crippen LogP contribution in [-0.2, 0) is 19.3 Å². The molecule has 1 aliphatic heterocycles. The van der Waals surface area contributed by atoms with Crippen molar-refractivity contribution in [2.75, 3.05) is 13.1 Å². The molecule has 0 aromatic heterocycles. The Kier molecular flexibility index (Phi) is 6.04. The van der Waals surface area contributed by atoms with Gasteiger partial charge in [-0.05, 0) is 46.8 Å². The van der Waals surface area contributed by atoms with Gasteiger partial charge in [0.05, 0.1) is 22.6 Å². The summed E-state index contributed by atoms with van der Waals surface area (Å²) in [6.45, 7) is 13.5. The normalized spacial score (nSPS) is 18.5. The van der Waals surface area contributed by atoms with Gasteiger partial charge in [0.25, 0.3) is 0 Å². The van der Waals surface area contributed by atoms with Crippen LogP contribution < -0.4 is 0 Å². The Labute approximate surface area is 157 Å². The van der Waals surface area contributed by atoms with Crippen LogP contribution >= 0.6 is 0 Å². The molecule has 5 nitrogen and oxygen atoms in total. The van der Waals surface area contributed by atoms with Gasteiger partial charge in [-0.25, -0.2) is 8.42 Å². The van der Waals surface area contributed by atoms with Crippen molar-refractivity contribution in [3.05, 3.63) is 42.5 Å². The Bertz CT molecular complexity index is 803. The van der Waals surface area contributed by atoms with E-state index in [1.165, 1.54) is 4.31 Å². The van der Waals surface area contributed by atoms with Crippen molar-refractivity contribution in [2.24, 2.45) is 0 Å². The number of hydrogen-bond acceptors (Lipinski definition) is 4. The van der Waals surface area contributed by atoms with E-state index in [2.05, 4.69) is 18.3 Å². The molecule has 0 amide bonds. The van der Waals surface area contributed by atoms with Crippen molar-refractivity contribution >= 4 is 17.1 Å². The summed E-state index contributed by atoms with van der Waals surface area (Å²) in [5.41, 5.74) is 0.0576. The molecule has 0 spiro atoms. The first-order valence-corrected chi connectivity index (χ1v) is 9.95. The lowest BCUT2D eigenvalue weighted by molar-refractivity contribution is 0.00578. The van der Waals surface area contributed by atoms with Gasteiger partial charge >= 0.3 is 7.12 Å². The van der Waals surface area contributed by atoms with Crippen molar-refractivity contribution in [1.82, 2.24) is 4.31 Å². The van der Waals surface area contributed by atoms with Crippen LogP contribution in [0.15, 0.2) is 41.8 Å². The molecule has 7 heteroatoms. The molecule has 0 atom stereocenters. The van der Waals surface area contributed by atoms with Crippen molar-refractivity contribution < 1.29 is 17.7 Å². The highest BCUT2D eigenvalue weighted by Crippen LogP contribution is 2.36. The Balaban J connectivity index is 2.15. The fourth-order valence-corrected chi connectivity index (χ4v) is 3.68. The van der Waals surface area contributed by atoms with Crippen molar-refractivity contribution in [1.29, 1.82) is 0 Å². The van der Waals surface area contributed by atoms with Gasteiger partial charge in [0.15, 0.2) is 0 Å². The van der Waals surface area contributed by atoms with E-state index < -0.39 is 28.3 Å². The summed E-state index contributed by atoms with van der Waals surface area (Å²) < 4.78 is 38.5. The topological polar surface area (TPSA) is 55.8 Å². The average Bonchev–Trinajstić information content (AvgIpc) is 2.74. The molecule has 0 bridgehead atoms. The lowest BCUT2D eigenvalue weighted by Gasteiger charge is -2.32. The van der Waals surface area contributed by atoms with Crippen molar-refractivity contribution in [2.45, 2.75) is 50.7 Å². The molecule has 1 aliphatic rings. The largest absolute Gasteiger partial charge is 0.551 e. The summed E-state index contributed by atoms with van der Waals surface area (Å²) in [4.78, 5) is 0.238. The molecule has 1 heterocycles. The number of aryl methyl sites for hydroxylation is 1. The second kappa shape index (κ2) is 7.57. The van der Waals surface area contributed by atoms with Crippen molar-refractivity contribution in [3.8, 4) is 11.7 Å². The van der Waals surface area contributed by atoms with E-state index in [0.29, 0.717) is 0 Å². The van der Waals surface area contributed by atoms with Gasteiger partial charge in [-0.15, -0.1) is 6.58 Å². The minimum absolute atomic E-state index is 0.0340. The monoisotopic (exact) mass is 375 g/mol. The highest BCUT2D eigenvalue weighted by Gasteiger charge is 2.50. The quantitative estimate of drug-likeness (QED) is 0.451. The maximum absolute atomic E-state index is 12.8. The van der Waals surface area contributed by atoms with Crippen LogP contribution in [0.4, 0.5) is 0 Å². The van der Waals surface area contributed by atoms with Gasteiger partial charge in [0.1, 0.15) is 0 Å². The third kappa shape index (κ3) is 4.39. The molecule has 0 N–H and O–H groups in total. The molecular weight excluding hydrogens is 349 g/mol. The van der Waals surface area contributed by atoms with E-state index in [1.807, 2.05) is 34.6 Å². The number of hydrogen-bond donors (Lipinski definition) is 0. The summed E-state index contributed by atoms with van der Waals surface area (Å²) in [7, 11) is -4.32. The molecule has 1 fully saturated rings. The van der Waals surface area contributed by atoms with Gasteiger partial charge in [0.2, 0.25) is 10.0 Å². The maximum atomic E-state index is 12.8. The first kappa shape index (κ1) is 20.7. The van der Waals surface area contributed by atoms with Crippen LogP contribution in [0.2, 0.25) is 0 Å². The minimum atomic E-state index is -3.64. The number of nitrogens with zero attached hydrogens (tertiary/aromatic N) is 1. The highest BCUT2D eigenvalue weighted by molar-refractivity contribution is 7.89. The van der Waals surface area contributed by atoms with Gasteiger partial charge in [-0.1, -0.05) is 35.5 Å². The molecule has 2 rings (SSSR count). The molecule has 1 aromatic rings. The second-order valence-corrected chi connectivity index (χ2v) is 9.25. The first-order valence-electron chi connectivity index (χ1n) is 8.51. The number of benzene rings is 1. The highest BCUT2D eigenvalue weighted by atomic mass is 32.2. The second-order valence-electron chi connectivity index (χ2n) is 7.31. The standard InChI is InChI=1S/C19H26BNO4S/c1-7-14-21(26(22,23)17-11-9-16(2)10-12-17)15-8-13-20-24-18(3,4)19(5,6)25-20/h7,9-12H,1,14-15H2,2-6H3. The third-order valence-corrected chi connectivity index (χ3v) is 6.55. The van der Waals surface area contributed by atoms with Crippen LogP contribution in [0.5, 0.6) is 0 Å². The Morgan fingerprint density at radius 2 is 1.69 bits per heavy atom. The van der Waals surface area contributed by atoms with Crippen LogP contribution in [0, 0.1) is 18.7 Å². The predicted octanol–water partition coefficient (Wildman–Crippen LogP) is 2.81. The van der Waals surface area contributed by atoms with Crippen LogP contribution in [0.25, 0.3) is 0 Å². The molecule has 0 radical (unpaired) electrons. The summed E-state index contributed by atoms with van der Waals surface area (Å²) in [6, 6.07) is 6.74. The van der Waals surface area contributed by atoms with Gasteiger partial charge < -0.3 is 9.31 Å². The lowest BCUT2D eigenvalue weighted by Crippen LogP contribution is -2.41. The molecule has 0 unspecified atom stereocenters. The molecule has 1 saturated heterocycles. The predicted molar refractivity (Wildman–Crippen MR) is 104 cm³/mol. The molecular formula is C19H26BNO4S. The van der Waals surface area contributed by atoms with E-state index in [4.69, 9.17) is 9.31 Å². The Hall–Kier alpha value is -1.59. The number of rotatable bonds is 5. The molecule has 0 saturated carbocycles. The third-order valence-electron chi connectivity index (χ3n) is 4.72. The minimum Gasteiger partial charge on any atom is -0.392 e. The lowest BCUT2D eigenvalue weighted by atomic mass is 9.90. The van der Waals surface area contributed by atoms with Gasteiger partial charge in [-0.3, -0.25) is 0 Å². The fraction of sp³-hybridized carbons (Fsp3) is 0.474. The molecule has 140 valence electrons. The average molecular weight is 375 g/mol. The first-order chi connectivity index (χ1) is 12.0. The van der Waals surface area contributed by atoms with Gasteiger partial charge in [0, 0.05) is 6.54 Å². The summed E-state index contributed by atoms with van der Waals surface area (Å²) in [5.74, 6) is 5.75. The zero-order chi connectivity index (χ0) is 19.6. The van der Waals surface area contributed by atoms with E-state index in [9.17, 15) is 8.42 Å². The van der Waals surface area contributed by atoms with Crippen LogP contribution in [0.1, 0.15) is 33.3 Å². The molecule has 26 heavy (non-hydrogen) atoms. The van der Waals surface area contributed by atoms with E-state index >= 15 is 0 Å². The van der Waals surface area contributed by atoms with E-state index in [0.717, 1.165) is 5.56 Å². The number of sulfonamides is 1.